The third kappa shape index (κ3) is 1.35. The molecule has 0 atom stereocenters. The summed E-state index contributed by atoms with van der Waals surface area (Å²) in [4.78, 5) is 0. The molecule has 0 heterocycles. The van der Waals surface area contributed by atoms with Crippen molar-refractivity contribution in [1.29, 1.82) is 5.41 Å². The van der Waals surface area contributed by atoms with Gasteiger partial charge in [-0.25, -0.2) is 0 Å². The van der Waals surface area contributed by atoms with Crippen molar-refractivity contribution in [3.63, 3.8) is 0 Å². The highest BCUT2D eigenvalue weighted by Crippen LogP contribution is 2.06. The van der Waals surface area contributed by atoms with Crippen LogP contribution in [0.25, 0.3) is 0 Å². The number of benzene rings is 1. The van der Waals surface area contributed by atoms with E-state index in [4.69, 9.17) is 11.1 Å². The van der Waals surface area contributed by atoms with Gasteiger partial charge in [0.1, 0.15) is 0 Å². The summed E-state index contributed by atoms with van der Waals surface area (Å²) in [7, 11) is 0. The topological polar surface area (TPSA) is 49.9 Å². The van der Waals surface area contributed by atoms with E-state index in [0.29, 0.717) is 11.4 Å². The molecule has 0 aliphatic carbocycles. The van der Waals surface area contributed by atoms with Crippen LogP contribution < -0.4 is 5.73 Å². The first-order chi connectivity index (χ1) is 4.70. The predicted molar refractivity (Wildman–Crippen MR) is 43.4 cm³/mol. The molecule has 0 radical (unpaired) electrons. The zero-order valence-corrected chi connectivity index (χ0v) is 5.89. The van der Waals surface area contributed by atoms with E-state index >= 15 is 0 Å². The molecule has 1 rings (SSSR count). The molecule has 0 saturated heterocycles. The van der Waals surface area contributed by atoms with Crippen LogP contribution in [0.1, 0.15) is 12.5 Å². The fourth-order valence-electron chi connectivity index (χ4n) is 0.772. The Bertz CT molecular complexity index is 253. The van der Waals surface area contributed by atoms with E-state index in [0.717, 1.165) is 5.56 Å². The molecule has 0 aromatic heterocycles. The monoisotopic (exact) mass is 134 g/mol. The van der Waals surface area contributed by atoms with Crippen LogP contribution in [0.3, 0.4) is 0 Å². The fraction of sp³-hybridized carbons (Fsp3) is 0.125. The predicted octanol–water partition coefficient (Wildman–Crippen LogP) is 1.66. The molecular weight excluding hydrogens is 124 g/mol. The van der Waals surface area contributed by atoms with Crippen molar-refractivity contribution in [3.05, 3.63) is 29.8 Å². The maximum Gasteiger partial charge on any atom is 0.0355 e. The van der Waals surface area contributed by atoms with Crippen molar-refractivity contribution >= 4 is 11.4 Å². The Morgan fingerprint density at radius 2 is 2.20 bits per heavy atom. The number of hydrogen-bond donors (Lipinski definition) is 2. The van der Waals surface area contributed by atoms with Crippen molar-refractivity contribution in [1.82, 2.24) is 0 Å². The molecule has 0 bridgehead atoms. The van der Waals surface area contributed by atoms with Gasteiger partial charge in [0.15, 0.2) is 0 Å². The molecule has 52 valence electrons. The molecule has 3 N–H and O–H groups in total. The smallest absolute Gasteiger partial charge is 0.0355 e. The summed E-state index contributed by atoms with van der Waals surface area (Å²) in [6.45, 7) is 1.74. The second-order valence-electron chi connectivity index (χ2n) is 2.25. The summed E-state index contributed by atoms with van der Waals surface area (Å²) in [5.41, 5.74) is 7.65. The Hall–Kier alpha value is -1.31. The largest absolute Gasteiger partial charge is 0.399 e. The lowest BCUT2D eigenvalue weighted by Crippen LogP contribution is -1.93. The first-order valence-electron chi connectivity index (χ1n) is 3.11. The molecule has 0 aliphatic heterocycles. The third-order valence-electron chi connectivity index (χ3n) is 1.32. The molecule has 0 saturated carbocycles. The van der Waals surface area contributed by atoms with Crippen LogP contribution in [0.2, 0.25) is 0 Å². The Labute approximate surface area is 60.2 Å². The van der Waals surface area contributed by atoms with E-state index in [1.165, 1.54) is 0 Å². The maximum atomic E-state index is 7.28. The Morgan fingerprint density at radius 1 is 1.50 bits per heavy atom. The summed E-state index contributed by atoms with van der Waals surface area (Å²) in [5, 5.41) is 7.28. The average molecular weight is 134 g/mol. The summed E-state index contributed by atoms with van der Waals surface area (Å²) in [6, 6.07) is 7.33. The number of nitrogens with two attached hydrogens (primary N) is 1. The van der Waals surface area contributed by atoms with Crippen LogP contribution >= 0.6 is 0 Å². The van der Waals surface area contributed by atoms with Gasteiger partial charge in [-0.2, -0.15) is 0 Å². The number of anilines is 1. The second-order valence-corrected chi connectivity index (χ2v) is 2.25. The quantitative estimate of drug-likeness (QED) is 0.445. The minimum absolute atomic E-state index is 0.548. The standard InChI is InChI=1S/C8H10N2/c1-6(9)7-3-2-4-8(10)5-7/h2-5,9H,10H2,1H3. The molecule has 0 aliphatic rings. The molecular formula is C8H10N2. The molecule has 0 spiro atoms. The van der Waals surface area contributed by atoms with Crippen LogP contribution in [-0.2, 0) is 0 Å². The molecule has 10 heavy (non-hydrogen) atoms. The maximum absolute atomic E-state index is 7.28. The summed E-state index contributed by atoms with van der Waals surface area (Å²) in [5.74, 6) is 0. The highest BCUT2D eigenvalue weighted by Gasteiger charge is 1.92. The van der Waals surface area contributed by atoms with Crippen LogP contribution in [-0.4, -0.2) is 5.71 Å². The van der Waals surface area contributed by atoms with E-state index in [1.54, 1.807) is 13.0 Å². The van der Waals surface area contributed by atoms with Crippen LogP contribution in [0.4, 0.5) is 5.69 Å². The van der Waals surface area contributed by atoms with E-state index < -0.39 is 0 Å². The van der Waals surface area contributed by atoms with Crippen molar-refractivity contribution in [2.75, 3.05) is 5.73 Å². The summed E-state index contributed by atoms with van der Waals surface area (Å²) >= 11 is 0. The first-order valence-corrected chi connectivity index (χ1v) is 3.11. The zero-order valence-electron chi connectivity index (χ0n) is 5.89. The highest BCUT2D eigenvalue weighted by molar-refractivity contribution is 5.96. The van der Waals surface area contributed by atoms with Crippen LogP contribution in [0.5, 0.6) is 0 Å². The summed E-state index contributed by atoms with van der Waals surface area (Å²) < 4.78 is 0. The SMILES string of the molecule is CC(=N)c1cccc(N)c1. The lowest BCUT2D eigenvalue weighted by atomic mass is 10.1. The van der Waals surface area contributed by atoms with Crippen LogP contribution in [0.15, 0.2) is 24.3 Å². The van der Waals surface area contributed by atoms with Gasteiger partial charge in [0.25, 0.3) is 0 Å². The van der Waals surface area contributed by atoms with Gasteiger partial charge in [0.05, 0.1) is 0 Å². The second kappa shape index (κ2) is 2.52. The minimum atomic E-state index is 0.548. The normalized spacial score (nSPS) is 9.30. The van der Waals surface area contributed by atoms with Gasteiger partial charge in [0, 0.05) is 11.4 Å². The molecule has 2 heteroatoms. The van der Waals surface area contributed by atoms with E-state index in [1.807, 2.05) is 18.2 Å². The molecule has 1 aromatic rings. The van der Waals surface area contributed by atoms with Gasteiger partial charge in [0.2, 0.25) is 0 Å². The van der Waals surface area contributed by atoms with Gasteiger partial charge >= 0.3 is 0 Å². The number of nitrogen functional groups attached to an aromatic ring is 1. The molecule has 0 fully saturated rings. The van der Waals surface area contributed by atoms with E-state index in [2.05, 4.69) is 0 Å². The average Bonchev–Trinajstić information content (AvgIpc) is 1.88. The first kappa shape index (κ1) is 6.81. The summed E-state index contributed by atoms with van der Waals surface area (Å²) in [6.07, 6.45) is 0. The molecule has 2 nitrogen and oxygen atoms in total. The Morgan fingerprint density at radius 3 is 2.60 bits per heavy atom. The van der Waals surface area contributed by atoms with Gasteiger partial charge in [-0.15, -0.1) is 0 Å². The Balaban J connectivity index is 3.07. The van der Waals surface area contributed by atoms with Crippen molar-refractivity contribution in [2.24, 2.45) is 0 Å². The third-order valence-corrected chi connectivity index (χ3v) is 1.32. The fourth-order valence-corrected chi connectivity index (χ4v) is 0.772. The zero-order chi connectivity index (χ0) is 7.56. The Kier molecular flexibility index (Phi) is 1.71. The van der Waals surface area contributed by atoms with E-state index in [-0.39, 0.29) is 0 Å². The number of nitrogens with one attached hydrogen (secondary N) is 1. The van der Waals surface area contributed by atoms with E-state index in [9.17, 15) is 0 Å². The van der Waals surface area contributed by atoms with Gasteiger partial charge in [-0.05, 0) is 24.6 Å². The van der Waals surface area contributed by atoms with Gasteiger partial charge in [-0.3, -0.25) is 0 Å². The lowest BCUT2D eigenvalue weighted by Gasteiger charge is -1.97. The minimum Gasteiger partial charge on any atom is -0.399 e. The molecule has 1 aromatic carbocycles. The van der Waals surface area contributed by atoms with Gasteiger partial charge < -0.3 is 11.1 Å². The number of hydrogen-bond acceptors (Lipinski definition) is 2. The molecule has 0 unspecified atom stereocenters. The highest BCUT2D eigenvalue weighted by atomic mass is 14.5. The molecule has 0 amide bonds. The lowest BCUT2D eigenvalue weighted by molar-refractivity contribution is 1.46. The van der Waals surface area contributed by atoms with Crippen molar-refractivity contribution in [2.45, 2.75) is 6.92 Å². The van der Waals surface area contributed by atoms with Crippen LogP contribution in [0, 0.1) is 5.41 Å². The van der Waals surface area contributed by atoms with Crippen molar-refractivity contribution < 1.29 is 0 Å². The number of rotatable bonds is 1. The van der Waals surface area contributed by atoms with Gasteiger partial charge in [-0.1, -0.05) is 12.1 Å². The van der Waals surface area contributed by atoms with Crippen molar-refractivity contribution in [3.8, 4) is 0 Å².